The van der Waals surface area contributed by atoms with Crippen molar-refractivity contribution in [3.63, 3.8) is 0 Å². The SMILES string of the molecule is CCc1cccc2sc(N(CC3CCCO3)C(=O)COc3ccc(Cl)cc3Cl)nc12. The van der Waals surface area contributed by atoms with Crippen LogP contribution in [0.15, 0.2) is 36.4 Å². The number of anilines is 1. The molecule has 2 aromatic carbocycles. The van der Waals surface area contributed by atoms with E-state index in [1.807, 2.05) is 12.1 Å². The predicted molar refractivity (Wildman–Crippen MR) is 122 cm³/mol. The van der Waals surface area contributed by atoms with Gasteiger partial charge in [-0.25, -0.2) is 4.98 Å². The summed E-state index contributed by atoms with van der Waals surface area (Å²) in [5.74, 6) is 0.234. The average molecular weight is 465 g/mol. The zero-order chi connectivity index (χ0) is 21.1. The van der Waals surface area contributed by atoms with Crippen LogP contribution in [-0.4, -0.2) is 36.8 Å². The molecule has 3 aromatic rings. The van der Waals surface area contributed by atoms with Gasteiger partial charge in [-0.15, -0.1) is 0 Å². The number of aromatic nitrogens is 1. The Morgan fingerprint density at radius 1 is 1.33 bits per heavy atom. The molecule has 4 rings (SSSR count). The molecule has 1 amide bonds. The van der Waals surface area contributed by atoms with E-state index in [2.05, 4.69) is 13.0 Å². The molecule has 0 spiro atoms. The van der Waals surface area contributed by atoms with E-state index in [9.17, 15) is 4.79 Å². The van der Waals surface area contributed by atoms with Crippen molar-refractivity contribution in [3.05, 3.63) is 52.0 Å². The third-order valence-corrected chi connectivity index (χ3v) is 6.63. The van der Waals surface area contributed by atoms with Gasteiger partial charge >= 0.3 is 0 Å². The molecule has 8 heteroatoms. The minimum absolute atomic E-state index is 0.00530. The molecule has 1 aromatic heterocycles. The largest absolute Gasteiger partial charge is 0.482 e. The first kappa shape index (κ1) is 21.4. The number of ether oxygens (including phenoxy) is 2. The third kappa shape index (κ3) is 4.72. The highest BCUT2D eigenvalue weighted by Crippen LogP contribution is 2.32. The minimum atomic E-state index is -0.186. The van der Waals surface area contributed by atoms with E-state index in [4.69, 9.17) is 37.7 Å². The number of hydrogen-bond acceptors (Lipinski definition) is 5. The summed E-state index contributed by atoms with van der Waals surface area (Å²) >= 11 is 13.6. The number of halogens is 2. The van der Waals surface area contributed by atoms with Crippen molar-refractivity contribution in [2.75, 3.05) is 24.7 Å². The van der Waals surface area contributed by atoms with Crippen molar-refractivity contribution in [1.29, 1.82) is 0 Å². The standard InChI is InChI=1S/C22H22Cl2N2O3S/c1-2-14-5-3-7-19-21(14)25-22(30-19)26(12-16-6-4-10-28-16)20(27)13-29-18-9-8-15(23)11-17(18)24/h3,5,7-9,11,16H,2,4,6,10,12-13H2,1H3. The van der Waals surface area contributed by atoms with Gasteiger partial charge in [0.15, 0.2) is 11.7 Å². The molecule has 0 radical (unpaired) electrons. The van der Waals surface area contributed by atoms with Crippen molar-refractivity contribution in [1.82, 2.24) is 4.98 Å². The van der Waals surface area contributed by atoms with Gasteiger partial charge < -0.3 is 9.47 Å². The molecule has 158 valence electrons. The zero-order valence-electron chi connectivity index (χ0n) is 16.6. The molecule has 30 heavy (non-hydrogen) atoms. The Kier molecular flexibility index (Phi) is 6.78. The van der Waals surface area contributed by atoms with Gasteiger partial charge in [-0.05, 0) is 49.1 Å². The van der Waals surface area contributed by atoms with Gasteiger partial charge in [0, 0.05) is 11.6 Å². The van der Waals surface area contributed by atoms with Crippen molar-refractivity contribution in [3.8, 4) is 5.75 Å². The highest BCUT2D eigenvalue weighted by Gasteiger charge is 2.27. The number of rotatable bonds is 7. The molecule has 2 heterocycles. The Morgan fingerprint density at radius 2 is 2.20 bits per heavy atom. The van der Waals surface area contributed by atoms with Crippen LogP contribution in [0, 0.1) is 0 Å². The lowest BCUT2D eigenvalue weighted by Gasteiger charge is -2.23. The maximum atomic E-state index is 13.2. The quantitative estimate of drug-likeness (QED) is 0.446. The Balaban J connectivity index is 1.58. The monoisotopic (exact) mass is 464 g/mol. The molecule has 1 fully saturated rings. The number of amides is 1. The van der Waals surface area contributed by atoms with Crippen LogP contribution >= 0.6 is 34.5 Å². The number of para-hydroxylation sites is 1. The van der Waals surface area contributed by atoms with E-state index in [-0.39, 0.29) is 18.6 Å². The molecule has 0 saturated carbocycles. The Morgan fingerprint density at radius 3 is 2.93 bits per heavy atom. The highest BCUT2D eigenvalue weighted by molar-refractivity contribution is 7.22. The highest BCUT2D eigenvalue weighted by atomic mass is 35.5. The van der Waals surface area contributed by atoms with Gasteiger partial charge in [-0.1, -0.05) is 53.6 Å². The molecular formula is C22H22Cl2N2O3S. The first-order valence-electron chi connectivity index (χ1n) is 9.93. The van der Waals surface area contributed by atoms with Crippen LogP contribution in [0.2, 0.25) is 10.0 Å². The molecule has 5 nitrogen and oxygen atoms in total. The van der Waals surface area contributed by atoms with Gasteiger partial charge in [0.2, 0.25) is 0 Å². The second-order valence-electron chi connectivity index (χ2n) is 7.12. The van der Waals surface area contributed by atoms with E-state index in [1.54, 1.807) is 23.1 Å². The second kappa shape index (κ2) is 9.52. The lowest BCUT2D eigenvalue weighted by molar-refractivity contribution is -0.120. The summed E-state index contributed by atoms with van der Waals surface area (Å²) in [6.45, 7) is 3.14. The average Bonchev–Trinajstić information content (AvgIpc) is 3.40. The molecule has 1 aliphatic heterocycles. The zero-order valence-corrected chi connectivity index (χ0v) is 18.9. The molecule has 0 aliphatic carbocycles. The fourth-order valence-electron chi connectivity index (χ4n) is 3.48. The van der Waals surface area contributed by atoms with Crippen molar-refractivity contribution in [2.45, 2.75) is 32.3 Å². The first-order valence-corrected chi connectivity index (χ1v) is 11.5. The number of benzene rings is 2. The smallest absolute Gasteiger partial charge is 0.266 e. The summed E-state index contributed by atoms with van der Waals surface area (Å²) in [4.78, 5) is 19.6. The summed E-state index contributed by atoms with van der Waals surface area (Å²) in [6, 6.07) is 11.1. The summed E-state index contributed by atoms with van der Waals surface area (Å²) in [5, 5.41) is 1.55. The summed E-state index contributed by atoms with van der Waals surface area (Å²) in [6.07, 6.45) is 2.83. The lowest BCUT2D eigenvalue weighted by Crippen LogP contribution is -2.40. The van der Waals surface area contributed by atoms with Gasteiger partial charge in [0.05, 0.1) is 27.9 Å². The molecule has 1 saturated heterocycles. The van der Waals surface area contributed by atoms with Crippen LogP contribution in [0.4, 0.5) is 5.13 Å². The maximum Gasteiger partial charge on any atom is 0.266 e. The van der Waals surface area contributed by atoms with E-state index in [1.165, 1.54) is 16.9 Å². The fourth-order valence-corrected chi connectivity index (χ4v) is 4.99. The third-order valence-electron chi connectivity index (χ3n) is 5.06. The lowest BCUT2D eigenvalue weighted by atomic mass is 10.1. The minimum Gasteiger partial charge on any atom is -0.482 e. The topological polar surface area (TPSA) is 51.7 Å². The van der Waals surface area contributed by atoms with E-state index in [0.29, 0.717) is 27.5 Å². The molecule has 1 unspecified atom stereocenters. The predicted octanol–water partition coefficient (Wildman–Crippen LogP) is 5.76. The second-order valence-corrected chi connectivity index (χ2v) is 8.97. The number of thiazole rings is 1. The number of fused-ring (bicyclic) bond motifs is 1. The van der Waals surface area contributed by atoms with Crippen LogP contribution < -0.4 is 9.64 Å². The molecule has 1 aliphatic rings. The van der Waals surface area contributed by atoms with Crippen LogP contribution in [0.25, 0.3) is 10.2 Å². The molecule has 1 atom stereocenters. The summed E-state index contributed by atoms with van der Waals surface area (Å²) in [5.41, 5.74) is 2.12. The van der Waals surface area contributed by atoms with Gasteiger partial charge in [-0.3, -0.25) is 9.69 Å². The van der Waals surface area contributed by atoms with E-state index >= 15 is 0 Å². The number of aryl methyl sites for hydroxylation is 1. The van der Waals surface area contributed by atoms with Gasteiger partial charge in [0.1, 0.15) is 5.75 Å². The van der Waals surface area contributed by atoms with Crippen molar-refractivity contribution >= 4 is 55.8 Å². The molecular weight excluding hydrogens is 443 g/mol. The first-order chi connectivity index (χ1) is 14.5. The van der Waals surface area contributed by atoms with Gasteiger partial charge in [-0.2, -0.15) is 0 Å². The Hall–Kier alpha value is -1.86. The van der Waals surface area contributed by atoms with E-state index in [0.717, 1.165) is 36.1 Å². The molecule has 0 N–H and O–H groups in total. The Labute approximate surface area is 189 Å². The van der Waals surface area contributed by atoms with Crippen molar-refractivity contribution < 1.29 is 14.3 Å². The fraction of sp³-hybridized carbons (Fsp3) is 0.364. The number of hydrogen-bond donors (Lipinski definition) is 0. The van der Waals surface area contributed by atoms with Crippen molar-refractivity contribution in [2.24, 2.45) is 0 Å². The van der Waals surface area contributed by atoms with Crippen LogP contribution in [0.1, 0.15) is 25.3 Å². The van der Waals surface area contributed by atoms with Crippen LogP contribution in [0.3, 0.4) is 0 Å². The summed E-state index contributed by atoms with van der Waals surface area (Å²) < 4.78 is 12.5. The van der Waals surface area contributed by atoms with Crippen LogP contribution in [-0.2, 0) is 16.0 Å². The maximum absolute atomic E-state index is 13.2. The number of carbonyl (C=O) groups excluding carboxylic acids is 1. The normalized spacial score (nSPS) is 16.2. The molecule has 0 bridgehead atoms. The summed E-state index contributed by atoms with van der Waals surface area (Å²) in [7, 11) is 0. The van der Waals surface area contributed by atoms with Gasteiger partial charge in [0.25, 0.3) is 5.91 Å². The van der Waals surface area contributed by atoms with E-state index < -0.39 is 0 Å². The Bertz CT molecular complexity index is 1050. The number of nitrogens with zero attached hydrogens (tertiary/aromatic N) is 2. The van der Waals surface area contributed by atoms with Crippen LogP contribution in [0.5, 0.6) is 5.75 Å². The number of carbonyl (C=O) groups is 1.